The lowest BCUT2D eigenvalue weighted by Gasteiger charge is -2.31. The maximum absolute atomic E-state index is 13.7. The molecule has 3 aliphatic rings. The van der Waals surface area contributed by atoms with Crippen LogP contribution in [0.1, 0.15) is 42.1 Å². The molecule has 3 heterocycles. The van der Waals surface area contributed by atoms with Gasteiger partial charge in [0.25, 0.3) is 15.9 Å². The second-order valence-electron chi connectivity index (χ2n) is 9.66. The van der Waals surface area contributed by atoms with Crippen LogP contribution in [0.3, 0.4) is 0 Å². The molecule has 0 aromatic heterocycles. The molecule has 0 unspecified atom stereocenters. The second-order valence-corrected chi connectivity index (χ2v) is 13.7. The van der Waals surface area contributed by atoms with Gasteiger partial charge in [-0.25, -0.2) is 16.8 Å². The number of benzene rings is 2. The zero-order chi connectivity index (χ0) is 24.8. The largest absolute Gasteiger partial charge is 0.376 e. The van der Waals surface area contributed by atoms with Crippen molar-refractivity contribution in [2.75, 3.05) is 29.0 Å². The van der Waals surface area contributed by atoms with Crippen LogP contribution in [0.4, 0.5) is 5.69 Å². The van der Waals surface area contributed by atoms with E-state index in [1.807, 2.05) is 25.1 Å². The van der Waals surface area contributed by atoms with Crippen LogP contribution < -0.4 is 4.31 Å². The third-order valence-corrected chi connectivity index (χ3v) is 10.8. The summed E-state index contributed by atoms with van der Waals surface area (Å²) in [7, 11) is -7.11. The van der Waals surface area contributed by atoms with E-state index in [0.29, 0.717) is 31.7 Å². The molecule has 2 saturated heterocycles. The quantitative estimate of drug-likeness (QED) is 0.583. The molecule has 1 amide bonds. The summed E-state index contributed by atoms with van der Waals surface area (Å²) in [5.41, 5.74) is 1.86. The van der Waals surface area contributed by atoms with E-state index >= 15 is 0 Å². The summed E-state index contributed by atoms with van der Waals surface area (Å²) in [6, 6.07) is 12.8. The third-order valence-electron chi connectivity index (χ3n) is 7.12. The highest BCUT2D eigenvalue weighted by atomic mass is 32.2. The van der Waals surface area contributed by atoms with Crippen molar-refractivity contribution < 1.29 is 26.4 Å². The first kappa shape index (κ1) is 24.3. The molecule has 0 aliphatic carbocycles. The highest BCUT2D eigenvalue weighted by Crippen LogP contribution is 2.36. The molecule has 0 N–H and O–H groups in total. The monoisotopic (exact) mass is 518 g/mol. The van der Waals surface area contributed by atoms with Gasteiger partial charge in [0.05, 0.1) is 28.2 Å². The smallest absolute Gasteiger partial charge is 0.264 e. The Labute approximate surface area is 206 Å². The molecule has 3 aliphatic heterocycles. The molecule has 188 valence electrons. The Balaban J connectivity index is 1.46. The Kier molecular flexibility index (Phi) is 6.39. The average Bonchev–Trinajstić information content (AvgIpc) is 3.55. The van der Waals surface area contributed by atoms with Crippen LogP contribution in [0, 0.1) is 0 Å². The molecular weight excluding hydrogens is 488 g/mol. The Morgan fingerprint density at radius 3 is 2.66 bits per heavy atom. The summed E-state index contributed by atoms with van der Waals surface area (Å²) < 4.78 is 58.8. The number of rotatable bonds is 6. The van der Waals surface area contributed by atoms with E-state index in [4.69, 9.17) is 4.74 Å². The number of hydrogen-bond donors (Lipinski definition) is 0. The Hall–Kier alpha value is -2.43. The van der Waals surface area contributed by atoms with Gasteiger partial charge in [-0.3, -0.25) is 9.10 Å². The van der Waals surface area contributed by atoms with Gasteiger partial charge < -0.3 is 9.64 Å². The Morgan fingerprint density at radius 2 is 1.94 bits per heavy atom. The van der Waals surface area contributed by atoms with Gasteiger partial charge in [-0.2, -0.15) is 0 Å². The Bertz CT molecular complexity index is 1340. The zero-order valence-electron chi connectivity index (χ0n) is 19.7. The van der Waals surface area contributed by atoms with Crippen LogP contribution in [0.5, 0.6) is 0 Å². The number of ether oxygens (including phenoxy) is 1. The van der Waals surface area contributed by atoms with Crippen LogP contribution in [0.25, 0.3) is 0 Å². The fraction of sp³-hybridized carbons (Fsp3) is 0.480. The second kappa shape index (κ2) is 9.22. The predicted octanol–water partition coefficient (Wildman–Crippen LogP) is 2.63. The number of para-hydroxylation sites is 1. The number of sulfone groups is 1. The van der Waals surface area contributed by atoms with E-state index in [0.717, 1.165) is 18.4 Å². The van der Waals surface area contributed by atoms with Gasteiger partial charge in [-0.1, -0.05) is 24.3 Å². The van der Waals surface area contributed by atoms with Crippen molar-refractivity contribution in [3.63, 3.8) is 0 Å². The molecule has 0 saturated carbocycles. The van der Waals surface area contributed by atoms with E-state index in [-0.39, 0.29) is 40.0 Å². The fourth-order valence-corrected chi connectivity index (χ4v) is 8.87. The van der Waals surface area contributed by atoms with E-state index in [1.54, 1.807) is 23.1 Å². The van der Waals surface area contributed by atoms with Crippen LogP contribution in [-0.2, 0) is 31.0 Å². The van der Waals surface area contributed by atoms with Crippen LogP contribution in [0.2, 0.25) is 0 Å². The van der Waals surface area contributed by atoms with E-state index < -0.39 is 25.9 Å². The van der Waals surface area contributed by atoms with Crippen molar-refractivity contribution in [3.05, 3.63) is 59.7 Å². The summed E-state index contributed by atoms with van der Waals surface area (Å²) in [6.45, 7) is 2.79. The molecule has 35 heavy (non-hydrogen) atoms. The SMILES string of the molecule is C[C@@H]1Cc2ccccc2N1S(=O)(=O)c1cccc(C(=O)N(C[C@H]2CCCO2)[C@@H]2CCS(=O)(=O)C2)c1. The molecule has 10 heteroatoms. The topological polar surface area (TPSA) is 101 Å². The molecule has 2 aromatic carbocycles. The molecule has 3 atom stereocenters. The lowest BCUT2D eigenvalue weighted by atomic mass is 10.1. The van der Waals surface area contributed by atoms with E-state index in [9.17, 15) is 21.6 Å². The van der Waals surface area contributed by atoms with Crippen molar-refractivity contribution in [3.8, 4) is 0 Å². The van der Waals surface area contributed by atoms with Crippen molar-refractivity contribution in [1.29, 1.82) is 0 Å². The van der Waals surface area contributed by atoms with Crippen molar-refractivity contribution >= 4 is 31.5 Å². The number of nitrogens with zero attached hydrogens (tertiary/aromatic N) is 2. The molecule has 2 fully saturated rings. The van der Waals surface area contributed by atoms with Gasteiger partial charge in [0.15, 0.2) is 9.84 Å². The molecule has 8 nitrogen and oxygen atoms in total. The normalized spacial score (nSPS) is 25.5. The molecule has 2 aromatic rings. The number of fused-ring (bicyclic) bond motifs is 1. The summed E-state index contributed by atoms with van der Waals surface area (Å²) in [5, 5.41) is 0. The van der Waals surface area contributed by atoms with Gasteiger partial charge in [-0.05, 0) is 62.4 Å². The third kappa shape index (κ3) is 4.71. The number of carbonyl (C=O) groups excluding carboxylic acids is 1. The highest BCUT2D eigenvalue weighted by Gasteiger charge is 2.38. The first-order valence-corrected chi connectivity index (χ1v) is 15.3. The average molecular weight is 519 g/mol. The standard InChI is InChI=1S/C25H30N2O6S2/c1-18-14-19-6-2-3-10-24(19)27(18)35(31,32)23-9-4-7-20(15-23)25(28)26(16-22-8-5-12-33-22)21-11-13-34(29,30)17-21/h2-4,6-7,9-10,15,18,21-22H,5,8,11-14,16-17H2,1H3/t18-,21-,22-/m1/s1. The molecular formula is C25H30N2O6S2. The van der Waals surface area contributed by atoms with Crippen molar-refractivity contribution in [1.82, 2.24) is 4.90 Å². The first-order valence-electron chi connectivity index (χ1n) is 12.0. The van der Waals surface area contributed by atoms with E-state index in [2.05, 4.69) is 0 Å². The Morgan fingerprint density at radius 1 is 1.14 bits per heavy atom. The minimum Gasteiger partial charge on any atom is -0.376 e. The molecule has 5 rings (SSSR count). The van der Waals surface area contributed by atoms with Gasteiger partial charge in [0.1, 0.15) is 0 Å². The highest BCUT2D eigenvalue weighted by molar-refractivity contribution is 7.93. The summed E-state index contributed by atoms with van der Waals surface area (Å²) in [4.78, 5) is 15.3. The van der Waals surface area contributed by atoms with E-state index in [1.165, 1.54) is 16.4 Å². The van der Waals surface area contributed by atoms with Gasteiger partial charge in [-0.15, -0.1) is 0 Å². The minimum atomic E-state index is -3.90. The number of carbonyl (C=O) groups is 1. The zero-order valence-corrected chi connectivity index (χ0v) is 21.3. The summed E-state index contributed by atoms with van der Waals surface area (Å²) in [5.74, 6) is -0.395. The van der Waals surface area contributed by atoms with Crippen LogP contribution >= 0.6 is 0 Å². The van der Waals surface area contributed by atoms with Gasteiger partial charge >= 0.3 is 0 Å². The molecule has 0 radical (unpaired) electrons. The van der Waals surface area contributed by atoms with Gasteiger partial charge in [0.2, 0.25) is 0 Å². The lowest BCUT2D eigenvalue weighted by molar-refractivity contribution is 0.0441. The maximum atomic E-state index is 13.7. The van der Waals surface area contributed by atoms with Crippen LogP contribution in [0.15, 0.2) is 53.4 Å². The maximum Gasteiger partial charge on any atom is 0.264 e. The van der Waals surface area contributed by atoms with Crippen molar-refractivity contribution in [2.24, 2.45) is 0 Å². The lowest BCUT2D eigenvalue weighted by Crippen LogP contribution is -2.45. The number of hydrogen-bond acceptors (Lipinski definition) is 6. The number of sulfonamides is 1. The number of anilines is 1. The minimum absolute atomic E-state index is 0.0445. The summed E-state index contributed by atoms with van der Waals surface area (Å²) in [6.07, 6.45) is 2.57. The predicted molar refractivity (Wildman–Crippen MR) is 133 cm³/mol. The van der Waals surface area contributed by atoms with Gasteiger partial charge in [0, 0.05) is 30.8 Å². The molecule has 0 bridgehead atoms. The number of amides is 1. The fourth-order valence-electron chi connectivity index (χ4n) is 5.40. The van der Waals surface area contributed by atoms with Crippen molar-refractivity contribution in [2.45, 2.75) is 55.7 Å². The molecule has 0 spiro atoms. The first-order chi connectivity index (χ1) is 16.7. The van der Waals surface area contributed by atoms with Crippen LogP contribution in [-0.4, -0.2) is 70.5 Å². The summed E-state index contributed by atoms with van der Waals surface area (Å²) >= 11 is 0.